The minimum atomic E-state index is -5.39. The molecular weight excluding hydrogens is 407 g/mol. The molecule has 0 aliphatic heterocycles. The number of phosphoric acid groups is 1. The summed E-state index contributed by atoms with van der Waals surface area (Å²) in [6.45, 7) is 4.60. The van der Waals surface area contributed by atoms with E-state index in [1.165, 1.54) is 51.4 Å². The second kappa shape index (κ2) is 18.5. The van der Waals surface area contributed by atoms with E-state index in [4.69, 9.17) is 19.2 Å². The van der Waals surface area contributed by atoms with E-state index in [9.17, 15) is 0 Å². The molecule has 0 amide bonds. The van der Waals surface area contributed by atoms with Crippen LogP contribution in [0.25, 0.3) is 0 Å². The molecule has 0 aliphatic rings. The van der Waals surface area contributed by atoms with Gasteiger partial charge in [-0.25, -0.2) is 0 Å². The Labute approximate surface area is 145 Å². The van der Waals surface area contributed by atoms with Gasteiger partial charge in [-0.2, -0.15) is 7.82 Å². The van der Waals surface area contributed by atoms with Crippen molar-refractivity contribution in [2.45, 2.75) is 82.2 Å². The zero-order valence-corrected chi connectivity index (χ0v) is 17.2. The van der Waals surface area contributed by atoms with Gasteiger partial charge in [-0.15, -0.1) is 0 Å². The average molecular weight is 438 g/mol. The maximum absolute atomic E-state index is 8.55. The molecule has 0 atom stereocenters. The second-order valence-electron chi connectivity index (χ2n) is 5.03. The Morgan fingerprint density at radius 2 is 1.00 bits per heavy atom. The third-order valence-corrected chi connectivity index (χ3v) is 7.45. The van der Waals surface area contributed by atoms with Gasteiger partial charge in [-0.3, -0.25) is 0 Å². The Morgan fingerprint density at radius 3 is 1.30 bits per heavy atom. The van der Waals surface area contributed by atoms with Crippen LogP contribution in [0.15, 0.2) is 0 Å². The normalized spacial score (nSPS) is 10.7. The molecule has 0 aromatic heterocycles. The smallest absolute Gasteiger partial charge is 0.159 e. The summed E-state index contributed by atoms with van der Waals surface area (Å²) in [6, 6.07) is 0. The van der Waals surface area contributed by atoms with Gasteiger partial charge in [-0.1, -0.05) is 0 Å². The minimum absolute atomic E-state index is 0.114. The van der Waals surface area contributed by atoms with Gasteiger partial charge in [0, 0.05) is 0 Å². The van der Waals surface area contributed by atoms with E-state index < -0.39 is 7.82 Å². The topological polar surface area (TPSA) is 86.2 Å². The van der Waals surface area contributed by atoms with Gasteiger partial charge >= 0.3 is 119 Å². The summed E-state index contributed by atoms with van der Waals surface area (Å²) in [5.74, 6) is 0. The first-order valence-electron chi connectivity index (χ1n) is 7.85. The summed E-state index contributed by atoms with van der Waals surface area (Å²) in [5.41, 5.74) is 0. The first kappa shape index (κ1) is 23.7. The fourth-order valence-corrected chi connectivity index (χ4v) is 5.84. The van der Waals surface area contributed by atoms with Gasteiger partial charge < -0.3 is 19.2 Å². The fourth-order valence-electron chi connectivity index (χ4n) is 1.83. The van der Waals surface area contributed by atoms with Crippen molar-refractivity contribution in [1.29, 1.82) is 0 Å². The van der Waals surface area contributed by atoms with Gasteiger partial charge in [0.2, 0.25) is 0 Å². The third kappa shape index (κ3) is 36.6. The van der Waals surface area contributed by atoms with Crippen LogP contribution in [0.2, 0.25) is 4.14 Å². The van der Waals surface area contributed by atoms with Gasteiger partial charge in [0.25, 0.3) is 0 Å². The Balaban J connectivity index is 0. The molecule has 0 fully saturated rings. The first-order chi connectivity index (χ1) is 9.41. The molecule has 0 rings (SSSR count). The van der Waals surface area contributed by atoms with Crippen molar-refractivity contribution < 1.29 is 56.0 Å². The van der Waals surface area contributed by atoms with Crippen molar-refractivity contribution in [3.63, 3.8) is 0 Å². The number of rotatable bonds is 12. The quantitative estimate of drug-likeness (QED) is 0.347. The number of hydrogen-bond acceptors (Lipinski definition) is 4. The Hall–Kier alpha value is 1.46. The fraction of sp³-hybridized carbons (Fsp3) is 1.00. The monoisotopic (exact) mass is 435 g/mol. The van der Waals surface area contributed by atoms with Crippen molar-refractivity contribution in [2.75, 3.05) is 0 Å². The molecule has 119 valence electrons. The molecule has 20 heavy (non-hydrogen) atoms. The van der Waals surface area contributed by atoms with Crippen LogP contribution in [0.3, 0.4) is 0 Å². The standard InChI is InChI=1S/2C7H15.Nd.H3O4P/c2*1-3-5-7-6-4-2;;1-5(2,3)4/h2*1,3-7H2,2H3;;(H3,1,2,3,4)/q;;+3;/p-3. The van der Waals surface area contributed by atoms with E-state index in [1.54, 1.807) is 17.0 Å². The molecule has 0 bridgehead atoms. The van der Waals surface area contributed by atoms with Gasteiger partial charge in [0.05, 0.1) is 0 Å². The molecule has 0 radical (unpaired) electrons. The number of unbranched alkanes of at least 4 members (excludes halogenated alkanes) is 8. The van der Waals surface area contributed by atoms with Gasteiger partial charge in [0.1, 0.15) is 0 Å². The molecule has 0 unspecified atom stereocenters. The van der Waals surface area contributed by atoms with Crippen LogP contribution in [-0.4, -0.2) is 0 Å². The van der Waals surface area contributed by atoms with E-state index in [-0.39, 0.29) is 36.7 Å². The predicted octanol–water partition coefficient (Wildman–Crippen LogP) is 3.02. The van der Waals surface area contributed by atoms with E-state index in [2.05, 4.69) is 13.8 Å². The maximum Gasteiger partial charge on any atom is -0.159 e. The van der Waals surface area contributed by atoms with Crippen molar-refractivity contribution >= 4 is 7.82 Å². The van der Waals surface area contributed by atoms with Crippen LogP contribution in [0.5, 0.6) is 0 Å². The molecule has 0 aromatic rings. The molecule has 0 saturated carbocycles. The molecule has 0 heterocycles. The summed E-state index contributed by atoms with van der Waals surface area (Å²) in [5, 5.41) is 0. The maximum atomic E-state index is 8.55. The average Bonchev–Trinajstić information content (AvgIpc) is 2.34. The largest absolute Gasteiger partial charge is 0.822 e. The molecule has 0 aliphatic carbocycles. The molecule has 0 spiro atoms. The van der Waals surface area contributed by atoms with Crippen LogP contribution in [-0.2, 0) is 4.57 Å². The summed E-state index contributed by atoms with van der Waals surface area (Å²) in [7, 11) is -5.39. The van der Waals surface area contributed by atoms with Gasteiger partial charge in [0.15, 0.2) is 0 Å². The number of hydrogen-bond donors (Lipinski definition) is 0. The van der Waals surface area contributed by atoms with Crippen LogP contribution < -0.4 is 14.7 Å². The van der Waals surface area contributed by atoms with Crippen LogP contribution in [0.4, 0.5) is 0 Å². The van der Waals surface area contributed by atoms with Crippen molar-refractivity contribution in [3.05, 3.63) is 0 Å². The summed E-state index contributed by atoms with van der Waals surface area (Å²) < 4.78 is 11.9. The Kier molecular flexibility index (Phi) is 22.0. The van der Waals surface area contributed by atoms with E-state index >= 15 is 0 Å². The minimum Gasteiger partial charge on any atom is -0.822 e. The van der Waals surface area contributed by atoms with E-state index in [0.29, 0.717) is 0 Å². The van der Waals surface area contributed by atoms with Crippen molar-refractivity contribution in [2.24, 2.45) is 0 Å². The first-order valence-corrected chi connectivity index (χ1v) is 13.8. The SMILES string of the molecule is CCCCCC[CH2][Nd+3][CH2]CCCCCC.O=P([O-])([O-])[O-]. The van der Waals surface area contributed by atoms with E-state index in [0.717, 1.165) is 0 Å². The van der Waals surface area contributed by atoms with E-state index in [1.807, 2.05) is 0 Å². The Morgan fingerprint density at radius 1 is 0.700 bits per heavy atom. The van der Waals surface area contributed by atoms with Crippen LogP contribution in [0, 0.1) is 36.7 Å². The van der Waals surface area contributed by atoms with Gasteiger partial charge in [-0.05, 0) is 0 Å². The molecule has 0 saturated heterocycles. The van der Waals surface area contributed by atoms with Crippen molar-refractivity contribution in [1.82, 2.24) is 0 Å². The molecule has 6 heteroatoms. The summed E-state index contributed by atoms with van der Waals surface area (Å²) >= 11 is -0.114. The van der Waals surface area contributed by atoms with Crippen LogP contribution >= 0.6 is 7.82 Å². The molecule has 0 aromatic carbocycles. The third-order valence-electron chi connectivity index (χ3n) is 2.91. The zero-order valence-electron chi connectivity index (χ0n) is 13.1. The second-order valence-corrected chi connectivity index (χ2v) is 10.7. The predicted molar refractivity (Wildman–Crippen MR) is 74.7 cm³/mol. The zero-order chi connectivity index (χ0) is 15.7. The summed E-state index contributed by atoms with van der Waals surface area (Å²) in [4.78, 5) is 25.6. The molecule has 0 N–H and O–H groups in total. The molecule has 4 nitrogen and oxygen atoms in total. The summed E-state index contributed by atoms with van der Waals surface area (Å²) in [6.07, 6.45) is 14.9. The van der Waals surface area contributed by atoms with Crippen molar-refractivity contribution in [3.8, 4) is 0 Å². The Bertz CT molecular complexity index is 201. The molecular formula is C14H30NdO4P. The van der Waals surface area contributed by atoms with Crippen LogP contribution in [0.1, 0.15) is 78.1 Å².